The largest absolute Gasteiger partial charge is 0.311 e. The highest BCUT2D eigenvalue weighted by Crippen LogP contribution is 2.40. The molecule has 306 valence electrons. The van der Waals surface area contributed by atoms with Gasteiger partial charge in [-0.1, -0.05) is 193 Å². The molecular weight excluding hydrogens is 773 g/mol. The number of hydrogen-bond acceptors (Lipinski definition) is 2. The van der Waals surface area contributed by atoms with E-state index < -0.39 is 0 Å². The molecule has 0 saturated carbocycles. The fourth-order valence-electron chi connectivity index (χ4n) is 8.47. The molecule has 0 saturated heterocycles. The molecule has 0 aliphatic heterocycles. The van der Waals surface area contributed by atoms with Crippen LogP contribution in [0.5, 0.6) is 0 Å². The van der Waals surface area contributed by atoms with Gasteiger partial charge in [0.15, 0.2) is 0 Å². The SMILES string of the molecule is Cc1ccc(-c2ccc(N(c3ccc(-c4ccc(C)cc4)cc3)c3ccc(-c4ccc(N(c5ccc(-c6ccccc6)cc5)c5ccc(-c6ccccc6)cc5)cc4)cc3)cc2)cc1. The van der Waals surface area contributed by atoms with Crippen LogP contribution >= 0.6 is 0 Å². The molecule has 0 heterocycles. The van der Waals surface area contributed by atoms with Crippen LogP contribution in [-0.4, -0.2) is 0 Å². The Hall–Kier alpha value is -8.20. The summed E-state index contributed by atoms with van der Waals surface area (Å²) in [5, 5.41) is 0. The van der Waals surface area contributed by atoms with Crippen molar-refractivity contribution >= 4 is 34.1 Å². The van der Waals surface area contributed by atoms with Gasteiger partial charge in [-0.2, -0.15) is 0 Å². The Morgan fingerprint density at radius 3 is 0.516 bits per heavy atom. The highest BCUT2D eigenvalue weighted by atomic mass is 15.1. The van der Waals surface area contributed by atoms with Crippen LogP contribution in [0.3, 0.4) is 0 Å². The summed E-state index contributed by atoms with van der Waals surface area (Å²) in [5.41, 5.74) is 21.1. The van der Waals surface area contributed by atoms with E-state index in [-0.39, 0.29) is 0 Å². The van der Waals surface area contributed by atoms with Crippen LogP contribution in [-0.2, 0) is 0 Å². The van der Waals surface area contributed by atoms with Gasteiger partial charge in [0.1, 0.15) is 0 Å². The zero-order valence-corrected chi connectivity index (χ0v) is 36.1. The summed E-state index contributed by atoms with van der Waals surface area (Å²) in [6.45, 7) is 4.26. The molecule has 64 heavy (non-hydrogen) atoms. The summed E-state index contributed by atoms with van der Waals surface area (Å²) in [7, 11) is 0. The van der Waals surface area contributed by atoms with Crippen LogP contribution in [0.4, 0.5) is 34.1 Å². The normalized spacial score (nSPS) is 11.0. The number of anilines is 6. The maximum atomic E-state index is 2.34. The molecular formula is C62H48N2. The summed E-state index contributed by atoms with van der Waals surface area (Å²) < 4.78 is 0. The summed E-state index contributed by atoms with van der Waals surface area (Å²) in [5.74, 6) is 0. The Morgan fingerprint density at radius 2 is 0.328 bits per heavy atom. The third kappa shape index (κ3) is 8.63. The van der Waals surface area contributed by atoms with E-state index in [0.29, 0.717) is 0 Å². The predicted octanol–water partition coefficient (Wildman–Crippen LogP) is 17.6. The molecule has 0 aliphatic rings. The Balaban J connectivity index is 0.959. The zero-order chi connectivity index (χ0) is 43.2. The van der Waals surface area contributed by atoms with Crippen molar-refractivity contribution in [2.45, 2.75) is 13.8 Å². The van der Waals surface area contributed by atoms with Crippen molar-refractivity contribution in [2.75, 3.05) is 9.80 Å². The molecule has 0 unspecified atom stereocenters. The van der Waals surface area contributed by atoms with Crippen LogP contribution in [0, 0.1) is 13.8 Å². The van der Waals surface area contributed by atoms with E-state index in [4.69, 9.17) is 0 Å². The second kappa shape index (κ2) is 18.0. The van der Waals surface area contributed by atoms with Gasteiger partial charge < -0.3 is 9.80 Å². The first-order chi connectivity index (χ1) is 31.5. The molecule has 2 nitrogen and oxygen atoms in total. The van der Waals surface area contributed by atoms with E-state index >= 15 is 0 Å². The lowest BCUT2D eigenvalue weighted by Gasteiger charge is -2.27. The summed E-state index contributed by atoms with van der Waals surface area (Å²) in [6, 6.07) is 92.0. The minimum atomic E-state index is 1.09. The Labute approximate surface area is 377 Å². The number of hydrogen-bond donors (Lipinski definition) is 0. The number of benzene rings is 10. The molecule has 10 rings (SSSR count). The first kappa shape index (κ1) is 39.9. The van der Waals surface area contributed by atoms with E-state index in [9.17, 15) is 0 Å². The Morgan fingerprint density at radius 1 is 0.172 bits per heavy atom. The molecule has 0 fully saturated rings. The van der Waals surface area contributed by atoms with Gasteiger partial charge in [0.2, 0.25) is 0 Å². The molecule has 10 aromatic carbocycles. The fraction of sp³-hybridized carbons (Fsp3) is 0.0323. The lowest BCUT2D eigenvalue weighted by Crippen LogP contribution is -2.10. The van der Waals surface area contributed by atoms with Crippen LogP contribution in [0.2, 0.25) is 0 Å². The Kier molecular flexibility index (Phi) is 11.2. The van der Waals surface area contributed by atoms with Gasteiger partial charge in [0.25, 0.3) is 0 Å². The van der Waals surface area contributed by atoms with Gasteiger partial charge in [-0.3, -0.25) is 0 Å². The van der Waals surface area contributed by atoms with Crippen molar-refractivity contribution in [2.24, 2.45) is 0 Å². The molecule has 0 radical (unpaired) electrons. The summed E-state index contributed by atoms with van der Waals surface area (Å²) >= 11 is 0. The predicted molar refractivity (Wildman–Crippen MR) is 272 cm³/mol. The van der Waals surface area contributed by atoms with E-state index in [2.05, 4.69) is 278 Å². The smallest absolute Gasteiger partial charge is 0.0462 e. The van der Waals surface area contributed by atoms with Gasteiger partial charge in [-0.15, -0.1) is 0 Å². The van der Waals surface area contributed by atoms with Crippen molar-refractivity contribution < 1.29 is 0 Å². The van der Waals surface area contributed by atoms with Crippen LogP contribution < -0.4 is 9.80 Å². The second-order valence-electron chi connectivity index (χ2n) is 16.4. The molecule has 10 aromatic rings. The number of rotatable bonds is 11. The van der Waals surface area contributed by atoms with Crippen LogP contribution in [0.15, 0.2) is 255 Å². The van der Waals surface area contributed by atoms with Gasteiger partial charge in [0.05, 0.1) is 0 Å². The minimum Gasteiger partial charge on any atom is -0.311 e. The van der Waals surface area contributed by atoms with Crippen molar-refractivity contribution in [3.63, 3.8) is 0 Å². The average molecular weight is 821 g/mol. The molecule has 0 aromatic heterocycles. The molecule has 0 bridgehead atoms. The quantitative estimate of drug-likeness (QED) is 0.128. The Bertz CT molecular complexity index is 2890. The molecule has 0 spiro atoms. The minimum absolute atomic E-state index is 1.09. The fourth-order valence-corrected chi connectivity index (χ4v) is 8.47. The van der Waals surface area contributed by atoms with E-state index in [1.165, 1.54) is 55.6 Å². The lowest BCUT2D eigenvalue weighted by atomic mass is 10.0. The third-order valence-corrected chi connectivity index (χ3v) is 12.1. The molecule has 2 heteroatoms. The van der Waals surface area contributed by atoms with E-state index in [1.807, 2.05) is 0 Å². The molecule has 0 aliphatic carbocycles. The number of aryl methyl sites for hydroxylation is 2. The molecule has 0 N–H and O–H groups in total. The number of nitrogens with zero attached hydrogens (tertiary/aromatic N) is 2. The van der Waals surface area contributed by atoms with Gasteiger partial charge in [0, 0.05) is 34.1 Å². The topological polar surface area (TPSA) is 6.48 Å². The first-order valence-electron chi connectivity index (χ1n) is 22.0. The summed E-state index contributed by atoms with van der Waals surface area (Å²) in [6.07, 6.45) is 0. The van der Waals surface area contributed by atoms with Crippen molar-refractivity contribution in [3.05, 3.63) is 266 Å². The highest BCUT2D eigenvalue weighted by molar-refractivity contribution is 5.83. The lowest BCUT2D eigenvalue weighted by molar-refractivity contribution is 1.28. The first-order valence-corrected chi connectivity index (χ1v) is 22.0. The van der Waals surface area contributed by atoms with Crippen molar-refractivity contribution in [1.82, 2.24) is 0 Å². The van der Waals surface area contributed by atoms with Crippen LogP contribution in [0.25, 0.3) is 55.6 Å². The zero-order valence-electron chi connectivity index (χ0n) is 36.1. The van der Waals surface area contributed by atoms with E-state index in [1.54, 1.807) is 0 Å². The summed E-state index contributed by atoms with van der Waals surface area (Å²) in [4.78, 5) is 4.68. The van der Waals surface area contributed by atoms with E-state index in [0.717, 1.165) is 45.3 Å². The molecule has 0 atom stereocenters. The van der Waals surface area contributed by atoms with Crippen LogP contribution in [0.1, 0.15) is 11.1 Å². The third-order valence-electron chi connectivity index (χ3n) is 12.1. The second-order valence-corrected chi connectivity index (χ2v) is 16.4. The van der Waals surface area contributed by atoms with Crippen molar-refractivity contribution in [1.29, 1.82) is 0 Å². The maximum Gasteiger partial charge on any atom is 0.0462 e. The standard InChI is InChI=1S/C62H48N2/c1-45-13-17-49(18-14-45)53-25-37-59(38-26-53)64(60-39-27-54(28-40-60)50-19-15-46(2)16-20-50)62-43-31-56(32-44-62)55-29-41-61(42-30-55)63(57-33-21-51(22-34-57)47-9-5-3-6-10-47)58-35-23-52(24-36-58)48-11-7-4-8-12-48/h3-44H,1-2H3. The average Bonchev–Trinajstić information content (AvgIpc) is 3.37. The highest BCUT2D eigenvalue weighted by Gasteiger charge is 2.16. The monoisotopic (exact) mass is 820 g/mol. The van der Waals surface area contributed by atoms with Gasteiger partial charge >= 0.3 is 0 Å². The maximum absolute atomic E-state index is 2.34. The van der Waals surface area contributed by atoms with Gasteiger partial charge in [-0.05, 0) is 142 Å². The van der Waals surface area contributed by atoms with Crippen molar-refractivity contribution in [3.8, 4) is 55.6 Å². The molecule has 0 amide bonds. The van der Waals surface area contributed by atoms with Gasteiger partial charge in [-0.25, -0.2) is 0 Å².